The van der Waals surface area contributed by atoms with E-state index >= 15 is 0 Å². The van der Waals surface area contributed by atoms with E-state index in [0.717, 1.165) is 24.0 Å². The van der Waals surface area contributed by atoms with E-state index in [1.54, 1.807) is 13.8 Å². The summed E-state index contributed by atoms with van der Waals surface area (Å²) in [5, 5.41) is 12.8. The molecule has 41 heavy (non-hydrogen) atoms. The van der Waals surface area contributed by atoms with Gasteiger partial charge in [-0.1, -0.05) is 26.0 Å². The Morgan fingerprint density at radius 1 is 1.10 bits per heavy atom. The average Bonchev–Trinajstić information content (AvgIpc) is 3.80. The largest absolute Gasteiger partial charge is 0.466 e. The van der Waals surface area contributed by atoms with Crippen molar-refractivity contribution in [3.05, 3.63) is 45.6 Å². The van der Waals surface area contributed by atoms with Gasteiger partial charge in [-0.2, -0.15) is 0 Å². The van der Waals surface area contributed by atoms with Gasteiger partial charge < -0.3 is 19.3 Å². The molecule has 1 aliphatic heterocycles. The third kappa shape index (κ3) is 2.52. The zero-order chi connectivity index (χ0) is 29.3. The van der Waals surface area contributed by atoms with Crippen LogP contribution in [0.1, 0.15) is 60.3 Å². The van der Waals surface area contributed by atoms with E-state index in [1.165, 1.54) is 14.0 Å². The fourth-order valence-corrected chi connectivity index (χ4v) is 11.4. The number of methoxy groups -OCH3 is 1. The van der Waals surface area contributed by atoms with E-state index < -0.39 is 52.0 Å². The van der Waals surface area contributed by atoms with Crippen molar-refractivity contribution >= 4 is 23.7 Å². The number of aliphatic hydroxyl groups is 1. The quantitative estimate of drug-likeness (QED) is 0.236. The molecular formula is C33H36O8. The summed E-state index contributed by atoms with van der Waals surface area (Å²) >= 11 is 0. The van der Waals surface area contributed by atoms with Gasteiger partial charge in [0.2, 0.25) is 0 Å². The minimum absolute atomic E-state index is 0.00101. The predicted octanol–water partition coefficient (Wildman–Crippen LogP) is 3.54. The first kappa shape index (κ1) is 25.7. The summed E-state index contributed by atoms with van der Waals surface area (Å²) in [5.41, 5.74) is -0.387. The summed E-state index contributed by atoms with van der Waals surface area (Å²) < 4.78 is 17.8. The standard InChI is InChI=1S/C33H36O8/c1-12-16-8-17(16)31(6)21-11-32(38)19-9-18(19)30(5)10-20(35)22(13(2)28(36)39-7)25(27(30)32)33(21)24(14(3)29(37)41-33)26(23(12)31)40-15(4)34/h16-19,21,23,26,38H,1,8-11H2,2-7H3. The van der Waals surface area contributed by atoms with Gasteiger partial charge in [-0.15, -0.1) is 0 Å². The van der Waals surface area contributed by atoms with Gasteiger partial charge in [0, 0.05) is 58.5 Å². The monoisotopic (exact) mass is 560 g/mol. The number of hydrogen-bond donors (Lipinski definition) is 1. The van der Waals surface area contributed by atoms with Crippen LogP contribution < -0.4 is 0 Å². The average molecular weight is 561 g/mol. The van der Waals surface area contributed by atoms with Crippen LogP contribution in [-0.4, -0.2) is 53.2 Å². The molecule has 8 aliphatic rings. The lowest BCUT2D eigenvalue weighted by molar-refractivity contribution is -0.182. The Hall–Kier alpha value is -3.00. The maximum Gasteiger partial charge on any atom is 0.335 e. The Morgan fingerprint density at radius 2 is 1.80 bits per heavy atom. The summed E-state index contributed by atoms with van der Waals surface area (Å²) in [6.07, 6.45) is 1.51. The normalized spacial score (nSPS) is 50.7. The van der Waals surface area contributed by atoms with Gasteiger partial charge in [0.05, 0.1) is 12.7 Å². The molecule has 8 rings (SSSR count). The SMILES string of the molecule is C=C1C2CC2C2(C)C1C(OC(C)=O)C1=C(C)C(=O)OC13C1=C4C(C)(CC(=O)C1=C(C)C(=O)OC)C1CC1C4(O)CC32. The lowest BCUT2D eigenvalue weighted by atomic mass is 9.43. The molecule has 5 fully saturated rings. The molecule has 11 atom stereocenters. The lowest BCUT2D eigenvalue weighted by Crippen LogP contribution is -2.67. The number of Topliss-reactive ketones (excluding diaryl/α,β-unsaturated/α-hetero) is 1. The summed E-state index contributed by atoms with van der Waals surface area (Å²) in [6, 6.07) is 0. The number of rotatable bonds is 2. The molecule has 1 heterocycles. The molecule has 0 radical (unpaired) electrons. The number of ketones is 1. The van der Waals surface area contributed by atoms with Crippen molar-refractivity contribution in [3.63, 3.8) is 0 Å². The molecule has 1 spiro atoms. The van der Waals surface area contributed by atoms with Gasteiger partial charge in [-0.3, -0.25) is 9.59 Å². The molecule has 5 saturated carbocycles. The van der Waals surface area contributed by atoms with Crippen molar-refractivity contribution in [2.75, 3.05) is 7.11 Å². The topological polar surface area (TPSA) is 116 Å². The van der Waals surface area contributed by atoms with Crippen molar-refractivity contribution < 1.29 is 38.5 Å². The fraction of sp³-hybridized carbons (Fsp3) is 0.636. The smallest absolute Gasteiger partial charge is 0.335 e. The zero-order valence-corrected chi connectivity index (χ0v) is 24.4. The lowest BCUT2D eigenvalue weighted by Gasteiger charge is -2.63. The summed E-state index contributed by atoms with van der Waals surface area (Å²) in [7, 11) is 1.27. The van der Waals surface area contributed by atoms with Gasteiger partial charge in [0.25, 0.3) is 0 Å². The second-order valence-corrected chi connectivity index (χ2v) is 14.4. The van der Waals surface area contributed by atoms with Gasteiger partial charge in [-0.05, 0) is 67.8 Å². The second kappa shape index (κ2) is 7.13. The Labute approximate surface area is 238 Å². The first-order valence-electron chi connectivity index (χ1n) is 14.8. The van der Waals surface area contributed by atoms with E-state index in [-0.39, 0.29) is 52.9 Å². The van der Waals surface area contributed by atoms with Crippen LogP contribution in [0.2, 0.25) is 0 Å². The van der Waals surface area contributed by atoms with E-state index in [4.69, 9.17) is 14.2 Å². The third-order valence-electron chi connectivity index (χ3n) is 12.9. The maximum absolute atomic E-state index is 14.2. The molecule has 0 saturated heterocycles. The molecule has 216 valence electrons. The minimum atomic E-state index is -1.45. The van der Waals surface area contributed by atoms with Crippen LogP contribution in [0.4, 0.5) is 0 Å². The molecule has 0 bridgehead atoms. The number of hydrogen-bond acceptors (Lipinski definition) is 8. The van der Waals surface area contributed by atoms with E-state index in [1.807, 2.05) is 6.92 Å². The van der Waals surface area contributed by atoms with Crippen LogP contribution >= 0.6 is 0 Å². The Bertz CT molecular complexity index is 1560. The van der Waals surface area contributed by atoms with Gasteiger partial charge in [-0.25, -0.2) is 9.59 Å². The highest BCUT2D eigenvalue weighted by atomic mass is 16.6. The van der Waals surface area contributed by atoms with Gasteiger partial charge in [0.1, 0.15) is 6.10 Å². The molecule has 0 aromatic carbocycles. The third-order valence-corrected chi connectivity index (χ3v) is 12.9. The highest BCUT2D eigenvalue weighted by Crippen LogP contribution is 2.83. The minimum Gasteiger partial charge on any atom is -0.466 e. The highest BCUT2D eigenvalue weighted by molar-refractivity contribution is 6.10. The van der Waals surface area contributed by atoms with E-state index in [0.29, 0.717) is 23.1 Å². The molecule has 8 heteroatoms. The van der Waals surface area contributed by atoms with Crippen LogP contribution in [0.5, 0.6) is 0 Å². The molecular weight excluding hydrogens is 524 g/mol. The van der Waals surface area contributed by atoms with Crippen molar-refractivity contribution in [2.45, 2.75) is 77.6 Å². The molecule has 0 amide bonds. The van der Waals surface area contributed by atoms with Crippen molar-refractivity contribution in [1.82, 2.24) is 0 Å². The molecule has 0 aromatic heterocycles. The van der Waals surface area contributed by atoms with Crippen molar-refractivity contribution in [2.24, 2.45) is 46.3 Å². The molecule has 7 aliphatic carbocycles. The number of fused-ring (bicyclic) bond motifs is 7. The Balaban J connectivity index is 1.53. The molecule has 0 aromatic rings. The summed E-state index contributed by atoms with van der Waals surface area (Å²) in [4.78, 5) is 53.7. The van der Waals surface area contributed by atoms with Crippen LogP contribution in [0.25, 0.3) is 0 Å². The van der Waals surface area contributed by atoms with Crippen molar-refractivity contribution in [3.8, 4) is 0 Å². The predicted molar refractivity (Wildman–Crippen MR) is 144 cm³/mol. The van der Waals surface area contributed by atoms with Crippen molar-refractivity contribution in [1.29, 1.82) is 0 Å². The number of esters is 3. The van der Waals surface area contributed by atoms with Gasteiger partial charge >= 0.3 is 17.9 Å². The van der Waals surface area contributed by atoms with E-state index in [2.05, 4.69) is 13.5 Å². The van der Waals surface area contributed by atoms with Crippen LogP contribution in [0.15, 0.2) is 45.6 Å². The zero-order valence-electron chi connectivity index (χ0n) is 24.4. The first-order valence-corrected chi connectivity index (χ1v) is 14.8. The van der Waals surface area contributed by atoms with Crippen LogP contribution in [0.3, 0.4) is 0 Å². The van der Waals surface area contributed by atoms with Crippen LogP contribution in [0, 0.1) is 46.3 Å². The molecule has 11 unspecified atom stereocenters. The first-order chi connectivity index (χ1) is 19.2. The molecule has 8 nitrogen and oxygen atoms in total. The van der Waals surface area contributed by atoms with Crippen LogP contribution in [-0.2, 0) is 33.4 Å². The number of ether oxygens (including phenoxy) is 3. The Morgan fingerprint density at radius 3 is 2.46 bits per heavy atom. The maximum atomic E-state index is 14.2. The summed E-state index contributed by atoms with van der Waals surface area (Å²) in [5.74, 6) is -1.90. The molecule has 1 N–H and O–H groups in total. The van der Waals surface area contributed by atoms with Gasteiger partial charge in [0.15, 0.2) is 11.4 Å². The fourth-order valence-electron chi connectivity index (χ4n) is 11.4. The second-order valence-electron chi connectivity index (χ2n) is 14.4. The summed E-state index contributed by atoms with van der Waals surface area (Å²) in [6.45, 7) is 13.3. The number of carbonyl (C=O) groups is 4. The Kier molecular flexibility index (Phi) is 4.47. The highest BCUT2D eigenvalue weighted by Gasteiger charge is 2.84. The number of carbonyl (C=O) groups excluding carboxylic acids is 4. The van der Waals surface area contributed by atoms with E-state index in [9.17, 15) is 24.3 Å².